The highest BCUT2D eigenvalue weighted by Gasteiger charge is 2.16. The van der Waals surface area contributed by atoms with Gasteiger partial charge in [-0.1, -0.05) is 36.4 Å². The number of hydrogen-bond acceptors (Lipinski definition) is 5. The zero-order valence-electron chi connectivity index (χ0n) is 19.5. The summed E-state index contributed by atoms with van der Waals surface area (Å²) in [6.07, 6.45) is 2.63. The summed E-state index contributed by atoms with van der Waals surface area (Å²) in [7, 11) is -0.0911. The van der Waals surface area contributed by atoms with Crippen LogP contribution < -0.4 is 10.2 Å². The van der Waals surface area contributed by atoms with Crippen molar-refractivity contribution >= 4 is 23.8 Å². The van der Waals surface area contributed by atoms with Gasteiger partial charge in [0.1, 0.15) is 7.14 Å². The van der Waals surface area contributed by atoms with Gasteiger partial charge in [0.25, 0.3) is 0 Å². The third kappa shape index (κ3) is 4.73. The van der Waals surface area contributed by atoms with Gasteiger partial charge in [-0.2, -0.15) is 5.10 Å². The van der Waals surface area contributed by atoms with Crippen molar-refractivity contribution in [2.75, 3.05) is 51.5 Å². The molecule has 1 saturated heterocycles. The Morgan fingerprint density at radius 3 is 2.42 bits per heavy atom. The number of hydrogen-bond donors (Lipinski definition) is 0. The lowest BCUT2D eigenvalue weighted by Gasteiger charge is -2.34. The van der Waals surface area contributed by atoms with E-state index < -0.39 is 7.14 Å². The molecule has 1 fully saturated rings. The maximum Gasteiger partial charge on any atom is 0.163 e. The summed E-state index contributed by atoms with van der Waals surface area (Å²) in [5.74, 6) is 0.807. The standard InChI is InChI=1S/C26H30N5OP/c1-29-14-16-30(17-15-29)22-7-4-6-20(18-22)19-25-27-26-24(8-5-13-31(26)28-25)21-9-11-23(12-10-21)33(2,3)32/h4-13,18H,14-17,19H2,1-3H3. The monoisotopic (exact) mass is 459 g/mol. The Hall–Kier alpha value is -2.95. The molecule has 0 radical (unpaired) electrons. The number of fused-ring (bicyclic) bond motifs is 1. The molecular weight excluding hydrogens is 429 g/mol. The van der Waals surface area contributed by atoms with E-state index in [4.69, 9.17) is 10.1 Å². The van der Waals surface area contributed by atoms with E-state index in [1.165, 1.54) is 11.3 Å². The van der Waals surface area contributed by atoms with Gasteiger partial charge in [-0.25, -0.2) is 9.50 Å². The molecule has 0 bridgehead atoms. The van der Waals surface area contributed by atoms with Crippen LogP contribution in [-0.2, 0) is 11.0 Å². The largest absolute Gasteiger partial charge is 0.369 e. The number of anilines is 1. The molecule has 2 aromatic heterocycles. The molecule has 170 valence electrons. The molecule has 0 saturated carbocycles. The number of aromatic nitrogens is 3. The van der Waals surface area contributed by atoms with E-state index in [1.807, 2.05) is 41.0 Å². The molecule has 1 aliphatic rings. The van der Waals surface area contributed by atoms with Crippen molar-refractivity contribution in [3.8, 4) is 11.1 Å². The zero-order valence-corrected chi connectivity index (χ0v) is 20.4. The van der Waals surface area contributed by atoms with Crippen LogP contribution in [0.5, 0.6) is 0 Å². The molecule has 5 rings (SSSR count). The van der Waals surface area contributed by atoms with Crippen LogP contribution in [0.4, 0.5) is 5.69 Å². The highest BCUT2D eigenvalue weighted by Crippen LogP contribution is 2.35. The van der Waals surface area contributed by atoms with Gasteiger partial charge in [0.2, 0.25) is 0 Å². The van der Waals surface area contributed by atoms with Crippen molar-refractivity contribution in [2.24, 2.45) is 0 Å². The summed E-state index contributed by atoms with van der Waals surface area (Å²) < 4.78 is 14.2. The van der Waals surface area contributed by atoms with Crippen LogP contribution in [0.25, 0.3) is 16.8 Å². The van der Waals surface area contributed by atoms with Gasteiger partial charge in [0.15, 0.2) is 11.5 Å². The predicted octanol–water partition coefficient (Wildman–Crippen LogP) is 3.99. The third-order valence-corrected chi connectivity index (χ3v) is 7.89. The fourth-order valence-corrected chi connectivity index (χ4v) is 5.23. The first-order chi connectivity index (χ1) is 15.9. The summed E-state index contributed by atoms with van der Waals surface area (Å²) in [6, 6.07) is 20.8. The van der Waals surface area contributed by atoms with Crippen molar-refractivity contribution in [3.63, 3.8) is 0 Å². The van der Waals surface area contributed by atoms with Crippen LogP contribution in [-0.4, -0.2) is 66.1 Å². The number of piperazine rings is 1. The van der Waals surface area contributed by atoms with Gasteiger partial charge in [-0.05, 0) is 55.8 Å². The van der Waals surface area contributed by atoms with Crippen LogP contribution in [0.2, 0.25) is 0 Å². The number of pyridine rings is 1. The summed E-state index contributed by atoms with van der Waals surface area (Å²) in [5, 5.41) is 5.63. The topological polar surface area (TPSA) is 53.7 Å². The lowest BCUT2D eigenvalue weighted by atomic mass is 10.1. The van der Waals surface area contributed by atoms with Crippen LogP contribution >= 0.6 is 7.14 Å². The maximum absolute atomic E-state index is 12.4. The Kier molecular flexibility index (Phi) is 5.81. The molecule has 1 aliphatic heterocycles. The molecule has 3 heterocycles. The highest BCUT2D eigenvalue weighted by atomic mass is 31.2. The average Bonchev–Trinajstić information content (AvgIpc) is 3.22. The quantitative estimate of drug-likeness (QED) is 0.423. The van der Waals surface area contributed by atoms with E-state index in [0.29, 0.717) is 6.42 Å². The van der Waals surface area contributed by atoms with Gasteiger partial charge in [0, 0.05) is 55.4 Å². The van der Waals surface area contributed by atoms with Crippen molar-refractivity contribution in [2.45, 2.75) is 6.42 Å². The number of rotatable bonds is 5. The molecule has 33 heavy (non-hydrogen) atoms. The molecule has 0 unspecified atom stereocenters. The first kappa shape index (κ1) is 21.9. The molecule has 0 N–H and O–H groups in total. The third-order valence-electron chi connectivity index (χ3n) is 6.35. The minimum absolute atomic E-state index is 0.691. The fourth-order valence-electron chi connectivity index (χ4n) is 4.36. The number of likely N-dealkylation sites (N-methyl/N-ethyl adjacent to an activating group) is 1. The van der Waals surface area contributed by atoms with E-state index in [2.05, 4.69) is 47.2 Å². The Balaban J connectivity index is 1.41. The molecule has 7 heteroatoms. The van der Waals surface area contributed by atoms with Crippen LogP contribution in [0, 0.1) is 0 Å². The first-order valence-corrected chi connectivity index (χ1v) is 14.0. The summed E-state index contributed by atoms with van der Waals surface area (Å²) in [6.45, 7) is 7.89. The zero-order chi connectivity index (χ0) is 23.0. The molecule has 0 atom stereocenters. The smallest absolute Gasteiger partial charge is 0.163 e. The molecule has 6 nitrogen and oxygen atoms in total. The van der Waals surface area contributed by atoms with Gasteiger partial charge in [-0.15, -0.1) is 0 Å². The van der Waals surface area contributed by atoms with E-state index in [9.17, 15) is 4.57 Å². The van der Waals surface area contributed by atoms with Crippen LogP contribution in [0.1, 0.15) is 11.4 Å². The number of benzene rings is 2. The van der Waals surface area contributed by atoms with Crippen LogP contribution in [0.15, 0.2) is 66.9 Å². The molecule has 0 amide bonds. The minimum atomic E-state index is -2.27. The summed E-state index contributed by atoms with van der Waals surface area (Å²) in [5.41, 5.74) is 5.40. The highest BCUT2D eigenvalue weighted by molar-refractivity contribution is 7.70. The molecule has 4 aromatic rings. The van der Waals surface area contributed by atoms with Crippen molar-refractivity contribution in [3.05, 3.63) is 78.2 Å². The second-order valence-corrected chi connectivity index (χ2v) is 12.5. The second-order valence-electron chi connectivity index (χ2n) is 9.25. The van der Waals surface area contributed by atoms with E-state index in [-0.39, 0.29) is 0 Å². The number of nitrogens with zero attached hydrogens (tertiary/aromatic N) is 5. The second kappa shape index (κ2) is 8.77. The lowest BCUT2D eigenvalue weighted by molar-refractivity contribution is 0.313. The first-order valence-electron chi connectivity index (χ1n) is 11.4. The Bertz CT molecular complexity index is 1320. The van der Waals surface area contributed by atoms with Gasteiger partial charge in [0.05, 0.1) is 0 Å². The summed E-state index contributed by atoms with van der Waals surface area (Å²) in [4.78, 5) is 9.71. The fraction of sp³-hybridized carbons (Fsp3) is 0.308. The SMILES string of the molecule is CN1CCN(c2cccc(Cc3nc4c(-c5ccc(P(C)(C)=O)cc5)cccn4n3)c2)CC1. The lowest BCUT2D eigenvalue weighted by Crippen LogP contribution is -2.44. The Morgan fingerprint density at radius 2 is 1.70 bits per heavy atom. The van der Waals surface area contributed by atoms with Crippen LogP contribution in [0.3, 0.4) is 0 Å². The summed E-state index contributed by atoms with van der Waals surface area (Å²) >= 11 is 0. The average molecular weight is 460 g/mol. The van der Waals surface area contributed by atoms with Gasteiger partial charge in [-0.3, -0.25) is 0 Å². The molecule has 0 aliphatic carbocycles. The van der Waals surface area contributed by atoms with E-state index in [0.717, 1.165) is 54.1 Å². The normalized spacial score (nSPS) is 15.3. The molecule has 2 aromatic carbocycles. The van der Waals surface area contributed by atoms with E-state index in [1.54, 1.807) is 13.3 Å². The Morgan fingerprint density at radius 1 is 0.939 bits per heavy atom. The van der Waals surface area contributed by atoms with E-state index >= 15 is 0 Å². The van der Waals surface area contributed by atoms with Crippen molar-refractivity contribution in [1.82, 2.24) is 19.5 Å². The molecular formula is C26H30N5OP. The minimum Gasteiger partial charge on any atom is -0.369 e. The van der Waals surface area contributed by atoms with Crippen molar-refractivity contribution < 1.29 is 4.57 Å². The predicted molar refractivity (Wildman–Crippen MR) is 136 cm³/mol. The van der Waals surface area contributed by atoms with Crippen molar-refractivity contribution in [1.29, 1.82) is 0 Å². The van der Waals surface area contributed by atoms with Gasteiger partial charge >= 0.3 is 0 Å². The molecule has 0 spiro atoms. The Labute approximate surface area is 195 Å². The van der Waals surface area contributed by atoms with Gasteiger partial charge < -0.3 is 14.4 Å². The maximum atomic E-state index is 12.4.